The number of nitrogens with zero attached hydrogens (tertiary/aromatic N) is 3. The van der Waals surface area contributed by atoms with Gasteiger partial charge in [0.1, 0.15) is 18.0 Å². The lowest BCUT2D eigenvalue weighted by molar-refractivity contribution is 0.589. The van der Waals surface area contributed by atoms with Gasteiger partial charge in [0.25, 0.3) is 0 Å². The van der Waals surface area contributed by atoms with Gasteiger partial charge in [-0.2, -0.15) is 5.10 Å². The number of rotatable bonds is 2. The van der Waals surface area contributed by atoms with Crippen molar-refractivity contribution >= 4 is 11.3 Å². The SMILES string of the molecule is Fc1cccc(F)c1-c1csc(-c2ncn[nH]2)n1. The fraction of sp³-hybridized carbons (Fsp3) is 0. The predicted molar refractivity (Wildman–Crippen MR) is 62.8 cm³/mol. The van der Waals surface area contributed by atoms with Gasteiger partial charge in [-0.15, -0.1) is 11.3 Å². The van der Waals surface area contributed by atoms with Crippen LogP contribution < -0.4 is 0 Å². The first-order valence-electron chi connectivity index (χ1n) is 5.01. The van der Waals surface area contributed by atoms with E-state index in [0.717, 1.165) is 0 Å². The molecule has 2 heterocycles. The molecule has 0 unspecified atom stereocenters. The molecular weight excluding hydrogens is 258 g/mol. The van der Waals surface area contributed by atoms with Gasteiger partial charge in [-0.25, -0.2) is 18.7 Å². The number of hydrogen-bond donors (Lipinski definition) is 1. The van der Waals surface area contributed by atoms with Crippen molar-refractivity contribution in [1.29, 1.82) is 0 Å². The second kappa shape index (κ2) is 4.26. The number of halogens is 2. The number of nitrogens with one attached hydrogen (secondary N) is 1. The third-order valence-corrected chi connectivity index (χ3v) is 3.19. The van der Waals surface area contributed by atoms with Gasteiger partial charge in [0.05, 0.1) is 11.3 Å². The summed E-state index contributed by atoms with van der Waals surface area (Å²) < 4.78 is 27.2. The highest BCUT2D eigenvalue weighted by molar-refractivity contribution is 7.13. The number of H-pyrrole nitrogens is 1. The predicted octanol–water partition coefficient (Wildman–Crippen LogP) is 2.87. The summed E-state index contributed by atoms with van der Waals surface area (Å²) in [5.41, 5.74) is 0.126. The molecule has 0 fully saturated rings. The Kier molecular flexibility index (Phi) is 2.60. The molecule has 0 spiro atoms. The maximum Gasteiger partial charge on any atom is 0.184 e. The van der Waals surface area contributed by atoms with E-state index in [2.05, 4.69) is 20.2 Å². The third-order valence-electron chi connectivity index (χ3n) is 2.34. The van der Waals surface area contributed by atoms with Gasteiger partial charge in [0.2, 0.25) is 0 Å². The molecule has 1 N–H and O–H groups in total. The summed E-state index contributed by atoms with van der Waals surface area (Å²) in [6.45, 7) is 0. The Morgan fingerprint density at radius 3 is 2.61 bits per heavy atom. The molecular formula is C11H6F2N4S. The summed E-state index contributed by atoms with van der Waals surface area (Å²) in [5, 5.41) is 8.46. The maximum absolute atomic E-state index is 13.6. The zero-order valence-electron chi connectivity index (χ0n) is 8.89. The molecule has 7 heteroatoms. The molecule has 3 rings (SSSR count). The van der Waals surface area contributed by atoms with Crippen molar-refractivity contribution in [3.63, 3.8) is 0 Å². The highest BCUT2D eigenvalue weighted by Crippen LogP contribution is 2.30. The van der Waals surface area contributed by atoms with E-state index in [1.807, 2.05) is 0 Å². The lowest BCUT2D eigenvalue weighted by atomic mass is 10.1. The minimum absolute atomic E-state index is 0.125. The largest absolute Gasteiger partial charge is 0.257 e. The van der Waals surface area contributed by atoms with Crippen LogP contribution in [0, 0.1) is 11.6 Å². The topological polar surface area (TPSA) is 54.5 Å². The molecule has 90 valence electrons. The summed E-state index contributed by atoms with van der Waals surface area (Å²) in [7, 11) is 0. The first-order chi connectivity index (χ1) is 8.75. The van der Waals surface area contributed by atoms with Gasteiger partial charge in [0.15, 0.2) is 10.8 Å². The van der Waals surface area contributed by atoms with E-state index in [4.69, 9.17) is 0 Å². The zero-order chi connectivity index (χ0) is 12.5. The first kappa shape index (κ1) is 11.0. The van der Waals surface area contributed by atoms with Gasteiger partial charge in [-0.1, -0.05) is 6.07 Å². The van der Waals surface area contributed by atoms with E-state index >= 15 is 0 Å². The Bertz CT molecular complexity index is 658. The Morgan fingerprint density at radius 1 is 1.17 bits per heavy atom. The van der Waals surface area contributed by atoms with Crippen LogP contribution in [0.2, 0.25) is 0 Å². The Balaban J connectivity index is 2.09. The molecule has 0 radical (unpaired) electrons. The first-order valence-corrected chi connectivity index (χ1v) is 5.89. The number of aromatic amines is 1. The maximum atomic E-state index is 13.6. The van der Waals surface area contributed by atoms with Gasteiger partial charge < -0.3 is 0 Å². The Morgan fingerprint density at radius 2 is 1.94 bits per heavy atom. The smallest absolute Gasteiger partial charge is 0.184 e. The number of aromatic nitrogens is 4. The van der Waals surface area contributed by atoms with Crippen LogP contribution in [0.5, 0.6) is 0 Å². The molecule has 0 amide bonds. The molecule has 0 bridgehead atoms. The van der Waals surface area contributed by atoms with Crippen molar-refractivity contribution < 1.29 is 8.78 Å². The monoisotopic (exact) mass is 264 g/mol. The lowest BCUT2D eigenvalue weighted by Crippen LogP contribution is -1.90. The number of benzene rings is 1. The highest BCUT2D eigenvalue weighted by Gasteiger charge is 2.15. The Labute approximate surface area is 104 Å². The minimum atomic E-state index is -0.635. The third kappa shape index (κ3) is 1.78. The summed E-state index contributed by atoms with van der Waals surface area (Å²) in [6.07, 6.45) is 1.35. The summed E-state index contributed by atoms with van der Waals surface area (Å²) in [5.74, 6) is -0.795. The fourth-order valence-corrected chi connectivity index (χ4v) is 2.30. The molecule has 1 aromatic carbocycles. The van der Waals surface area contributed by atoms with Crippen molar-refractivity contribution in [1.82, 2.24) is 20.2 Å². The second-order valence-corrected chi connectivity index (χ2v) is 4.33. The van der Waals surface area contributed by atoms with Crippen LogP contribution in [0.15, 0.2) is 29.9 Å². The van der Waals surface area contributed by atoms with Crippen LogP contribution in [0.3, 0.4) is 0 Å². The lowest BCUT2D eigenvalue weighted by Gasteiger charge is -2.00. The van der Waals surface area contributed by atoms with E-state index in [-0.39, 0.29) is 11.3 Å². The van der Waals surface area contributed by atoms with E-state index in [9.17, 15) is 8.78 Å². The number of hydrogen-bond acceptors (Lipinski definition) is 4. The minimum Gasteiger partial charge on any atom is -0.257 e. The van der Waals surface area contributed by atoms with Crippen LogP contribution >= 0.6 is 11.3 Å². The normalized spacial score (nSPS) is 10.8. The highest BCUT2D eigenvalue weighted by atomic mass is 32.1. The standard InChI is InChI=1S/C11H6F2N4S/c12-6-2-1-3-7(13)9(6)8-4-18-11(16-8)10-14-5-15-17-10/h1-5H,(H,14,15,17). The van der Waals surface area contributed by atoms with Crippen LogP contribution in [0.4, 0.5) is 8.78 Å². The zero-order valence-corrected chi connectivity index (χ0v) is 9.71. The average Bonchev–Trinajstić information content (AvgIpc) is 2.99. The van der Waals surface area contributed by atoms with E-state index in [0.29, 0.717) is 10.8 Å². The average molecular weight is 264 g/mol. The fourth-order valence-electron chi connectivity index (χ4n) is 1.55. The second-order valence-electron chi connectivity index (χ2n) is 3.47. The summed E-state index contributed by atoms with van der Waals surface area (Å²) >= 11 is 1.24. The van der Waals surface area contributed by atoms with Crippen LogP contribution in [0.25, 0.3) is 22.1 Å². The van der Waals surface area contributed by atoms with Gasteiger partial charge in [-0.05, 0) is 12.1 Å². The van der Waals surface area contributed by atoms with Gasteiger partial charge >= 0.3 is 0 Å². The molecule has 0 saturated heterocycles. The molecule has 3 aromatic rings. The molecule has 4 nitrogen and oxygen atoms in total. The summed E-state index contributed by atoms with van der Waals surface area (Å²) in [6, 6.07) is 3.72. The molecule has 0 atom stereocenters. The quantitative estimate of drug-likeness (QED) is 0.774. The van der Waals surface area contributed by atoms with Crippen molar-refractivity contribution in [2.24, 2.45) is 0 Å². The molecule has 0 saturated carbocycles. The van der Waals surface area contributed by atoms with Crippen molar-refractivity contribution in [3.05, 3.63) is 41.5 Å². The summed E-state index contributed by atoms with van der Waals surface area (Å²) in [4.78, 5) is 8.08. The van der Waals surface area contributed by atoms with E-state index in [1.54, 1.807) is 5.38 Å². The van der Waals surface area contributed by atoms with Crippen LogP contribution in [0.1, 0.15) is 0 Å². The van der Waals surface area contributed by atoms with E-state index in [1.165, 1.54) is 35.9 Å². The van der Waals surface area contributed by atoms with Crippen LogP contribution in [-0.2, 0) is 0 Å². The van der Waals surface area contributed by atoms with Crippen molar-refractivity contribution in [3.8, 4) is 22.1 Å². The molecule has 2 aromatic heterocycles. The van der Waals surface area contributed by atoms with Crippen molar-refractivity contribution in [2.45, 2.75) is 0 Å². The van der Waals surface area contributed by atoms with Crippen molar-refractivity contribution in [2.75, 3.05) is 0 Å². The van der Waals surface area contributed by atoms with Gasteiger partial charge in [-0.3, -0.25) is 5.10 Å². The molecule has 18 heavy (non-hydrogen) atoms. The Hall–Kier alpha value is -2.15. The van der Waals surface area contributed by atoms with E-state index < -0.39 is 11.6 Å². The number of thiazole rings is 1. The van der Waals surface area contributed by atoms with Gasteiger partial charge in [0, 0.05) is 5.38 Å². The molecule has 0 aliphatic carbocycles. The van der Waals surface area contributed by atoms with Crippen LogP contribution in [-0.4, -0.2) is 20.2 Å². The molecule has 0 aliphatic rings. The molecule has 0 aliphatic heterocycles.